The Morgan fingerprint density at radius 3 is 2.57 bits per heavy atom. The zero-order valence-corrected chi connectivity index (χ0v) is 21.7. The topological polar surface area (TPSA) is 92.5 Å². The summed E-state index contributed by atoms with van der Waals surface area (Å²) in [5.74, 6) is -0.836. The molecular formula is C25H25BrFN3O4S. The summed E-state index contributed by atoms with van der Waals surface area (Å²) in [4.78, 5) is 12.7. The molecule has 1 aromatic heterocycles. The van der Waals surface area contributed by atoms with E-state index in [0.717, 1.165) is 10.0 Å². The van der Waals surface area contributed by atoms with Gasteiger partial charge < -0.3 is 9.84 Å². The molecule has 3 aromatic rings. The van der Waals surface area contributed by atoms with Crippen LogP contribution >= 0.6 is 15.9 Å². The number of nitrogens with one attached hydrogen (secondary N) is 1. The molecule has 0 spiro atoms. The van der Waals surface area contributed by atoms with E-state index < -0.39 is 15.8 Å². The van der Waals surface area contributed by atoms with Gasteiger partial charge in [-0.3, -0.25) is 4.79 Å². The number of rotatable bonds is 6. The molecule has 0 bridgehead atoms. The summed E-state index contributed by atoms with van der Waals surface area (Å²) in [6.07, 6.45) is 3.64. The van der Waals surface area contributed by atoms with E-state index in [9.17, 15) is 17.6 Å². The zero-order valence-electron chi connectivity index (χ0n) is 19.3. The van der Waals surface area contributed by atoms with Gasteiger partial charge >= 0.3 is 0 Å². The molecule has 1 aliphatic heterocycles. The lowest BCUT2D eigenvalue weighted by Crippen LogP contribution is -2.41. The Labute approximate surface area is 212 Å². The lowest BCUT2D eigenvalue weighted by Gasteiger charge is -2.30. The van der Waals surface area contributed by atoms with Crippen LogP contribution in [0.5, 0.6) is 0 Å². The van der Waals surface area contributed by atoms with E-state index in [0.29, 0.717) is 24.1 Å². The largest absolute Gasteiger partial charge is 0.355 e. The average molecular weight is 562 g/mol. The van der Waals surface area contributed by atoms with Gasteiger partial charge in [-0.1, -0.05) is 29.4 Å². The van der Waals surface area contributed by atoms with E-state index in [1.807, 2.05) is 25.1 Å². The van der Waals surface area contributed by atoms with E-state index in [1.54, 1.807) is 25.1 Å². The molecular weight excluding hydrogens is 537 g/mol. The molecule has 0 unspecified atom stereocenters. The van der Waals surface area contributed by atoms with E-state index in [-0.39, 0.29) is 41.3 Å². The van der Waals surface area contributed by atoms with E-state index in [2.05, 4.69) is 26.4 Å². The monoisotopic (exact) mass is 561 g/mol. The third-order valence-corrected chi connectivity index (χ3v) is 8.67. The Bertz CT molecular complexity index is 1380. The number of hydrogen-bond donors (Lipinski definition) is 1. The van der Waals surface area contributed by atoms with Crippen LogP contribution in [0.3, 0.4) is 0 Å². The van der Waals surface area contributed by atoms with Crippen LogP contribution in [0.2, 0.25) is 0 Å². The first kappa shape index (κ1) is 25.3. The van der Waals surface area contributed by atoms with Gasteiger partial charge in [-0.15, -0.1) is 0 Å². The molecule has 0 saturated carbocycles. The molecule has 0 radical (unpaired) electrons. The number of piperidine rings is 1. The van der Waals surface area contributed by atoms with Crippen molar-refractivity contribution in [1.29, 1.82) is 0 Å². The van der Waals surface area contributed by atoms with Crippen molar-refractivity contribution in [1.82, 2.24) is 9.46 Å². The molecule has 184 valence electrons. The average Bonchev–Trinajstić information content (AvgIpc) is 3.21. The maximum Gasteiger partial charge on any atom is 0.248 e. The van der Waals surface area contributed by atoms with Crippen LogP contribution in [-0.4, -0.2) is 36.9 Å². The minimum absolute atomic E-state index is 0.0369. The first-order valence-electron chi connectivity index (χ1n) is 11.1. The second kappa shape index (κ2) is 10.4. The molecule has 10 heteroatoms. The minimum Gasteiger partial charge on any atom is -0.355 e. The summed E-state index contributed by atoms with van der Waals surface area (Å²) in [6, 6.07) is 11.8. The van der Waals surface area contributed by atoms with E-state index in [1.165, 1.54) is 22.5 Å². The molecule has 2 aromatic carbocycles. The number of aromatic nitrogens is 1. The van der Waals surface area contributed by atoms with Gasteiger partial charge in [-0.2, -0.15) is 4.31 Å². The van der Waals surface area contributed by atoms with Crippen LogP contribution in [0, 0.1) is 25.6 Å². The summed E-state index contributed by atoms with van der Waals surface area (Å²) in [6.45, 7) is 3.90. The smallest absolute Gasteiger partial charge is 0.248 e. The number of amides is 1. The molecule has 35 heavy (non-hydrogen) atoms. The summed E-state index contributed by atoms with van der Waals surface area (Å²) in [5.41, 5.74) is 2.28. The van der Waals surface area contributed by atoms with Gasteiger partial charge in [0.1, 0.15) is 11.5 Å². The second-order valence-corrected chi connectivity index (χ2v) is 11.2. The molecule has 7 nitrogen and oxygen atoms in total. The van der Waals surface area contributed by atoms with Crippen molar-refractivity contribution in [3.05, 3.63) is 75.3 Å². The summed E-state index contributed by atoms with van der Waals surface area (Å²) in [5, 5.41) is 6.75. The van der Waals surface area contributed by atoms with Crippen molar-refractivity contribution in [2.75, 3.05) is 18.4 Å². The quantitative estimate of drug-likeness (QED) is 0.434. The van der Waals surface area contributed by atoms with Crippen LogP contribution in [0.15, 0.2) is 56.4 Å². The molecule has 1 saturated heterocycles. The van der Waals surface area contributed by atoms with Gasteiger partial charge in [0.05, 0.1) is 5.69 Å². The van der Waals surface area contributed by atoms with Crippen LogP contribution in [-0.2, 0) is 14.8 Å². The Kier molecular flexibility index (Phi) is 7.53. The van der Waals surface area contributed by atoms with Crippen molar-refractivity contribution in [3.8, 4) is 0 Å². The first-order valence-corrected chi connectivity index (χ1v) is 13.4. The molecule has 2 heterocycles. The Balaban J connectivity index is 1.46. The molecule has 0 atom stereocenters. The number of anilines is 1. The fraction of sp³-hybridized carbons (Fsp3) is 0.280. The molecule has 0 aliphatic carbocycles. The minimum atomic E-state index is -3.92. The fourth-order valence-corrected chi connectivity index (χ4v) is 6.33. The Morgan fingerprint density at radius 1 is 1.17 bits per heavy atom. The highest BCUT2D eigenvalue weighted by Gasteiger charge is 2.36. The predicted molar refractivity (Wildman–Crippen MR) is 136 cm³/mol. The lowest BCUT2D eigenvalue weighted by atomic mass is 9.97. The predicted octanol–water partition coefficient (Wildman–Crippen LogP) is 5.40. The highest BCUT2D eigenvalue weighted by molar-refractivity contribution is 9.10. The third kappa shape index (κ3) is 5.55. The highest BCUT2D eigenvalue weighted by Crippen LogP contribution is 2.30. The SMILES string of the molecule is Cc1ccc(NC(=O)C2CCN(S(=O)(=O)c3c(C)noc3C=Cc3ccccc3F)CC2)c(Br)c1. The first-order chi connectivity index (χ1) is 16.7. The van der Waals surface area contributed by atoms with Crippen molar-refractivity contribution in [2.24, 2.45) is 5.92 Å². The fourth-order valence-electron chi connectivity index (χ4n) is 4.02. The van der Waals surface area contributed by atoms with Crippen LogP contribution in [0.4, 0.5) is 10.1 Å². The second-order valence-electron chi connectivity index (χ2n) is 8.47. The van der Waals surface area contributed by atoms with Gasteiger partial charge in [-0.05, 0) is 78.5 Å². The number of nitrogens with zero attached hydrogens (tertiary/aromatic N) is 2. The molecule has 1 fully saturated rings. The number of benzene rings is 2. The molecule has 1 amide bonds. The Morgan fingerprint density at radius 2 is 1.89 bits per heavy atom. The van der Waals surface area contributed by atoms with Crippen molar-refractivity contribution in [3.63, 3.8) is 0 Å². The van der Waals surface area contributed by atoms with Crippen LogP contribution in [0.25, 0.3) is 12.2 Å². The maximum absolute atomic E-state index is 13.9. The number of aryl methyl sites for hydroxylation is 2. The lowest BCUT2D eigenvalue weighted by molar-refractivity contribution is -0.120. The standard InChI is InChI=1S/C25H25BrFN3O4S/c1-16-7-9-22(20(26)15-16)28-25(31)19-11-13-30(14-12-19)35(32,33)24-17(2)29-34-23(24)10-8-18-5-3-4-6-21(18)27/h3-10,15,19H,11-14H2,1-2H3,(H,28,31). The van der Waals surface area contributed by atoms with Gasteiger partial charge in [0.2, 0.25) is 15.9 Å². The van der Waals surface area contributed by atoms with Crippen molar-refractivity contribution < 1.29 is 22.1 Å². The van der Waals surface area contributed by atoms with E-state index >= 15 is 0 Å². The summed E-state index contributed by atoms with van der Waals surface area (Å²) >= 11 is 3.46. The van der Waals surface area contributed by atoms with Gasteiger partial charge in [0, 0.05) is 29.0 Å². The zero-order chi connectivity index (χ0) is 25.2. The third-order valence-electron chi connectivity index (χ3n) is 5.96. The number of carbonyl (C=O) groups excluding carboxylic acids is 1. The van der Waals surface area contributed by atoms with Crippen molar-refractivity contribution >= 4 is 49.7 Å². The summed E-state index contributed by atoms with van der Waals surface area (Å²) < 4.78 is 48.2. The number of carbonyl (C=O) groups is 1. The number of halogens is 2. The van der Waals surface area contributed by atoms with Crippen LogP contribution in [0.1, 0.15) is 35.4 Å². The van der Waals surface area contributed by atoms with Gasteiger partial charge in [0.25, 0.3) is 0 Å². The molecule has 1 N–H and O–H groups in total. The van der Waals surface area contributed by atoms with Gasteiger partial charge in [0.15, 0.2) is 10.7 Å². The Hall–Kier alpha value is -2.82. The molecule has 4 rings (SSSR count). The van der Waals surface area contributed by atoms with Gasteiger partial charge in [-0.25, -0.2) is 12.8 Å². The number of sulfonamides is 1. The van der Waals surface area contributed by atoms with Crippen molar-refractivity contribution in [2.45, 2.75) is 31.6 Å². The highest BCUT2D eigenvalue weighted by atomic mass is 79.9. The summed E-state index contributed by atoms with van der Waals surface area (Å²) in [7, 11) is -3.92. The number of hydrogen-bond acceptors (Lipinski definition) is 5. The molecule has 1 aliphatic rings. The van der Waals surface area contributed by atoms with E-state index in [4.69, 9.17) is 4.52 Å². The van der Waals surface area contributed by atoms with Crippen LogP contribution < -0.4 is 5.32 Å². The normalized spacial score (nSPS) is 15.5. The maximum atomic E-state index is 13.9.